The molecule has 4 heterocycles. The zero-order valence-corrected chi connectivity index (χ0v) is 16.6. The number of piperidine rings is 1. The molecule has 0 radical (unpaired) electrons. The molecule has 0 aliphatic carbocycles. The average molecular weight is 393 g/mol. The number of pyridine rings is 1. The topological polar surface area (TPSA) is 71.8 Å². The Morgan fingerprint density at radius 2 is 2.14 bits per heavy atom. The Morgan fingerprint density at radius 3 is 2.93 bits per heavy atom. The van der Waals surface area contributed by atoms with Gasteiger partial charge in [-0.2, -0.15) is 5.10 Å². The second-order valence-corrected chi connectivity index (χ2v) is 8.11. The summed E-state index contributed by atoms with van der Waals surface area (Å²) in [5, 5.41) is 11.9. The fourth-order valence-corrected chi connectivity index (χ4v) is 4.63. The Labute approximate surface area is 168 Å². The molecule has 2 aliphatic heterocycles. The number of amides is 1. The van der Waals surface area contributed by atoms with Crippen LogP contribution in [0, 0.1) is 0 Å². The molecule has 1 aromatic carbocycles. The van der Waals surface area contributed by atoms with Crippen LogP contribution in [0.1, 0.15) is 38.3 Å². The highest BCUT2D eigenvalue weighted by Gasteiger charge is 2.44. The predicted octanol–water partition coefficient (Wildman–Crippen LogP) is 3.59. The zero-order valence-electron chi connectivity index (χ0n) is 16.6. The summed E-state index contributed by atoms with van der Waals surface area (Å²) in [4.78, 5) is 17.1. The summed E-state index contributed by atoms with van der Waals surface area (Å²) in [6.07, 6.45) is 2.05. The number of fused-ring (bicyclic) bond motifs is 2. The van der Waals surface area contributed by atoms with Gasteiger partial charge in [-0.25, -0.2) is 9.37 Å². The van der Waals surface area contributed by atoms with Crippen LogP contribution in [-0.4, -0.2) is 39.9 Å². The maximum atomic E-state index is 14.7. The number of hydrogen-bond acceptors (Lipinski definition) is 4. The van der Waals surface area contributed by atoms with Gasteiger partial charge in [0.05, 0.1) is 17.0 Å². The molecule has 1 saturated heterocycles. The molecule has 2 aromatic heterocycles. The van der Waals surface area contributed by atoms with Gasteiger partial charge in [0.15, 0.2) is 0 Å². The Balaban J connectivity index is 1.75. The SMILES string of the molecule is CCC1(C)C(=O)Nc2nccc(-c3nn([C@@H]4CCNC[C@@H]4F)c4ccccc34)c21. The summed E-state index contributed by atoms with van der Waals surface area (Å²) in [6.45, 7) is 5.06. The number of benzene rings is 1. The first-order chi connectivity index (χ1) is 14.0. The van der Waals surface area contributed by atoms with Crippen molar-refractivity contribution in [3.63, 3.8) is 0 Å². The lowest BCUT2D eigenvalue weighted by Crippen LogP contribution is -2.39. The maximum absolute atomic E-state index is 14.7. The van der Waals surface area contributed by atoms with Crippen molar-refractivity contribution < 1.29 is 9.18 Å². The first-order valence-corrected chi connectivity index (χ1v) is 10.2. The summed E-state index contributed by atoms with van der Waals surface area (Å²) in [5.74, 6) is 0.557. The molecule has 1 fully saturated rings. The van der Waals surface area contributed by atoms with Crippen LogP contribution in [0.3, 0.4) is 0 Å². The molecule has 29 heavy (non-hydrogen) atoms. The van der Waals surface area contributed by atoms with Gasteiger partial charge in [-0.15, -0.1) is 0 Å². The zero-order chi connectivity index (χ0) is 20.2. The van der Waals surface area contributed by atoms with Gasteiger partial charge in [-0.1, -0.05) is 25.1 Å². The summed E-state index contributed by atoms with van der Waals surface area (Å²) in [6, 6.07) is 9.55. The van der Waals surface area contributed by atoms with Crippen molar-refractivity contribution in [1.29, 1.82) is 0 Å². The molecule has 1 amide bonds. The molecule has 150 valence electrons. The molecule has 5 rings (SSSR count). The molecule has 3 atom stereocenters. The van der Waals surface area contributed by atoms with Crippen molar-refractivity contribution in [3.05, 3.63) is 42.1 Å². The number of hydrogen-bond donors (Lipinski definition) is 2. The molecule has 7 heteroatoms. The van der Waals surface area contributed by atoms with Gasteiger partial charge in [0.2, 0.25) is 5.91 Å². The molecule has 0 spiro atoms. The Bertz CT molecular complexity index is 1110. The van der Waals surface area contributed by atoms with Crippen LogP contribution < -0.4 is 10.6 Å². The van der Waals surface area contributed by atoms with E-state index in [1.165, 1.54) is 0 Å². The Morgan fingerprint density at radius 1 is 1.31 bits per heavy atom. The number of rotatable bonds is 3. The lowest BCUT2D eigenvalue weighted by molar-refractivity contribution is -0.120. The van der Waals surface area contributed by atoms with Crippen molar-refractivity contribution in [2.45, 2.75) is 44.3 Å². The van der Waals surface area contributed by atoms with E-state index in [-0.39, 0.29) is 11.9 Å². The lowest BCUT2D eigenvalue weighted by atomic mass is 9.79. The van der Waals surface area contributed by atoms with Crippen LogP contribution in [0.15, 0.2) is 36.5 Å². The number of carbonyl (C=O) groups is 1. The van der Waals surface area contributed by atoms with Gasteiger partial charge in [0, 0.05) is 29.3 Å². The minimum atomic E-state index is -0.993. The van der Waals surface area contributed by atoms with Crippen molar-refractivity contribution >= 4 is 22.6 Å². The molecule has 2 N–H and O–H groups in total. The number of alkyl halides is 1. The van der Waals surface area contributed by atoms with E-state index in [9.17, 15) is 9.18 Å². The van der Waals surface area contributed by atoms with E-state index in [0.29, 0.717) is 25.2 Å². The van der Waals surface area contributed by atoms with Crippen molar-refractivity contribution in [2.75, 3.05) is 18.4 Å². The highest BCUT2D eigenvalue weighted by atomic mass is 19.1. The van der Waals surface area contributed by atoms with Gasteiger partial charge in [-0.3, -0.25) is 9.48 Å². The van der Waals surface area contributed by atoms with Crippen molar-refractivity contribution in [2.24, 2.45) is 0 Å². The minimum Gasteiger partial charge on any atom is -0.314 e. The van der Waals surface area contributed by atoms with Crippen LogP contribution in [0.5, 0.6) is 0 Å². The molecular formula is C22H24FN5O. The van der Waals surface area contributed by atoms with Crippen molar-refractivity contribution in [1.82, 2.24) is 20.1 Å². The van der Waals surface area contributed by atoms with Gasteiger partial charge < -0.3 is 10.6 Å². The molecule has 0 bridgehead atoms. The highest BCUT2D eigenvalue weighted by molar-refractivity contribution is 6.08. The van der Waals surface area contributed by atoms with Gasteiger partial charge >= 0.3 is 0 Å². The van der Waals surface area contributed by atoms with E-state index < -0.39 is 11.6 Å². The largest absolute Gasteiger partial charge is 0.314 e. The summed E-state index contributed by atoms with van der Waals surface area (Å²) in [7, 11) is 0. The number of aromatic nitrogens is 3. The van der Waals surface area contributed by atoms with E-state index in [1.54, 1.807) is 6.20 Å². The number of nitrogens with zero attached hydrogens (tertiary/aromatic N) is 3. The Kier molecular flexibility index (Phi) is 4.17. The highest BCUT2D eigenvalue weighted by Crippen LogP contribution is 2.45. The normalized spacial score (nSPS) is 26.5. The number of halogens is 1. The van der Waals surface area contributed by atoms with E-state index in [0.717, 1.165) is 34.3 Å². The van der Waals surface area contributed by atoms with Crippen LogP contribution in [0.25, 0.3) is 22.2 Å². The maximum Gasteiger partial charge on any atom is 0.236 e. The van der Waals surface area contributed by atoms with E-state index in [1.807, 2.05) is 48.9 Å². The number of nitrogens with one attached hydrogen (secondary N) is 2. The first-order valence-electron chi connectivity index (χ1n) is 10.2. The Hall–Kier alpha value is -2.80. The van der Waals surface area contributed by atoms with E-state index >= 15 is 0 Å². The monoisotopic (exact) mass is 393 g/mol. The fourth-order valence-electron chi connectivity index (χ4n) is 4.63. The predicted molar refractivity (Wildman–Crippen MR) is 111 cm³/mol. The van der Waals surface area contributed by atoms with E-state index in [4.69, 9.17) is 5.10 Å². The third-order valence-corrected chi connectivity index (χ3v) is 6.50. The quantitative estimate of drug-likeness (QED) is 0.713. The standard InChI is InChI=1S/C22H24FN5O/c1-3-22(2)18-14(8-11-25-20(18)26-21(22)29)19-13-6-4-5-7-16(13)28(27-19)17-9-10-24-12-15(17)23/h4-8,11,15,17,24H,3,9-10,12H2,1-2H3,(H,25,26,29)/t15-,17+,22?/m0/s1. The molecule has 2 aliphatic rings. The van der Waals surface area contributed by atoms with E-state index in [2.05, 4.69) is 15.6 Å². The number of anilines is 1. The van der Waals surface area contributed by atoms with Crippen LogP contribution in [0.4, 0.5) is 10.2 Å². The lowest BCUT2D eigenvalue weighted by Gasteiger charge is -2.27. The van der Waals surface area contributed by atoms with Gasteiger partial charge in [0.1, 0.15) is 17.7 Å². The summed E-state index contributed by atoms with van der Waals surface area (Å²) >= 11 is 0. The summed E-state index contributed by atoms with van der Waals surface area (Å²) in [5.41, 5.74) is 2.79. The third kappa shape index (κ3) is 2.60. The molecule has 6 nitrogen and oxygen atoms in total. The van der Waals surface area contributed by atoms with Crippen LogP contribution in [0.2, 0.25) is 0 Å². The smallest absolute Gasteiger partial charge is 0.236 e. The summed E-state index contributed by atoms with van der Waals surface area (Å²) < 4.78 is 16.6. The number of carbonyl (C=O) groups excluding carboxylic acids is 1. The second-order valence-electron chi connectivity index (χ2n) is 8.11. The first kappa shape index (κ1) is 18.2. The molecule has 3 aromatic rings. The second kappa shape index (κ2) is 6.62. The van der Waals surface area contributed by atoms with Crippen LogP contribution in [-0.2, 0) is 10.2 Å². The molecular weight excluding hydrogens is 369 g/mol. The van der Waals surface area contributed by atoms with Crippen molar-refractivity contribution in [3.8, 4) is 11.3 Å². The number of para-hydroxylation sites is 1. The van der Waals surface area contributed by atoms with Gasteiger partial charge in [0.25, 0.3) is 0 Å². The molecule has 0 saturated carbocycles. The molecule has 1 unspecified atom stereocenters. The fraction of sp³-hybridized carbons (Fsp3) is 0.409. The third-order valence-electron chi connectivity index (χ3n) is 6.50. The average Bonchev–Trinajstić information content (AvgIpc) is 3.24. The van der Waals surface area contributed by atoms with Crippen LogP contribution >= 0.6 is 0 Å². The van der Waals surface area contributed by atoms with Gasteiger partial charge in [-0.05, 0) is 38.4 Å². The minimum absolute atomic E-state index is 0.0409.